The molecule has 114 valence electrons. The van der Waals surface area contributed by atoms with Gasteiger partial charge in [-0.2, -0.15) is 0 Å². The maximum Gasteiger partial charge on any atom is 0.188 e. The van der Waals surface area contributed by atoms with E-state index in [4.69, 9.17) is 14.2 Å². The molecule has 2 aliphatic rings. The second-order valence-electron chi connectivity index (χ2n) is 5.68. The monoisotopic (exact) mass is 294 g/mol. The van der Waals surface area contributed by atoms with Crippen molar-refractivity contribution in [1.29, 1.82) is 0 Å². The summed E-state index contributed by atoms with van der Waals surface area (Å²) in [6.45, 7) is 0.0516. The van der Waals surface area contributed by atoms with E-state index in [1.165, 1.54) is 19.2 Å². The number of rotatable bonds is 5. The third-order valence-corrected chi connectivity index (χ3v) is 4.21. The van der Waals surface area contributed by atoms with Crippen LogP contribution in [-0.4, -0.2) is 31.9 Å². The van der Waals surface area contributed by atoms with Crippen LogP contribution in [0.3, 0.4) is 0 Å². The van der Waals surface area contributed by atoms with Crippen molar-refractivity contribution in [2.45, 2.75) is 37.9 Å². The van der Waals surface area contributed by atoms with Gasteiger partial charge in [0.1, 0.15) is 11.6 Å². The van der Waals surface area contributed by atoms with Gasteiger partial charge in [-0.1, -0.05) is 0 Å². The molecule has 1 aromatic carbocycles. The van der Waals surface area contributed by atoms with Crippen LogP contribution in [0, 0.1) is 11.7 Å². The molecule has 0 aromatic heterocycles. The van der Waals surface area contributed by atoms with E-state index in [-0.39, 0.29) is 36.3 Å². The molecule has 3 rings (SSSR count). The maximum absolute atomic E-state index is 14.1. The lowest BCUT2D eigenvalue weighted by Crippen LogP contribution is -2.30. The first kappa shape index (κ1) is 14.5. The van der Waals surface area contributed by atoms with Crippen molar-refractivity contribution in [2.24, 2.45) is 5.92 Å². The highest BCUT2D eigenvalue weighted by molar-refractivity contribution is 5.98. The molecule has 2 atom stereocenters. The number of carbonyl (C=O) groups is 1. The molecule has 2 unspecified atom stereocenters. The van der Waals surface area contributed by atoms with Crippen LogP contribution in [0.25, 0.3) is 0 Å². The van der Waals surface area contributed by atoms with Crippen LogP contribution in [0.15, 0.2) is 18.2 Å². The Labute approximate surface area is 123 Å². The smallest absolute Gasteiger partial charge is 0.188 e. The third kappa shape index (κ3) is 3.09. The molecule has 0 radical (unpaired) electrons. The third-order valence-electron chi connectivity index (χ3n) is 4.21. The van der Waals surface area contributed by atoms with Gasteiger partial charge in [0, 0.05) is 19.1 Å². The van der Waals surface area contributed by atoms with Gasteiger partial charge < -0.3 is 14.2 Å². The number of carbonyl (C=O) groups excluding carboxylic acids is 1. The van der Waals surface area contributed by atoms with Crippen molar-refractivity contribution in [1.82, 2.24) is 0 Å². The average Bonchev–Trinajstić information content (AvgIpc) is 2.83. The van der Waals surface area contributed by atoms with Gasteiger partial charge in [0.2, 0.25) is 0 Å². The summed E-state index contributed by atoms with van der Waals surface area (Å²) in [6.07, 6.45) is 3.78. The number of methoxy groups -OCH3 is 1. The first-order valence-corrected chi connectivity index (χ1v) is 7.28. The lowest BCUT2D eigenvalue weighted by molar-refractivity contribution is -0.0150. The Morgan fingerprint density at radius 2 is 2.05 bits per heavy atom. The number of Topliss-reactive ketones (excluding diaryl/α,β-unsaturated/α-hetero) is 1. The Hall–Kier alpha value is -1.46. The van der Waals surface area contributed by atoms with Gasteiger partial charge in [-0.3, -0.25) is 4.79 Å². The number of benzene rings is 1. The highest BCUT2D eigenvalue weighted by atomic mass is 19.1. The minimum atomic E-state index is -0.535. The second kappa shape index (κ2) is 6.12. The Balaban J connectivity index is 1.72. The van der Waals surface area contributed by atoms with Crippen LogP contribution in [0.1, 0.15) is 36.0 Å². The fourth-order valence-corrected chi connectivity index (χ4v) is 3.20. The van der Waals surface area contributed by atoms with Gasteiger partial charge in [-0.25, -0.2) is 4.39 Å². The van der Waals surface area contributed by atoms with Gasteiger partial charge >= 0.3 is 0 Å². The lowest BCUT2D eigenvalue weighted by atomic mass is 9.88. The van der Waals surface area contributed by atoms with Crippen LogP contribution in [0.4, 0.5) is 4.39 Å². The van der Waals surface area contributed by atoms with Gasteiger partial charge in [0.05, 0.1) is 17.8 Å². The molecule has 2 saturated heterocycles. The normalized spacial score (nSPS) is 27.6. The molecule has 5 heteroatoms. The summed E-state index contributed by atoms with van der Waals surface area (Å²) >= 11 is 0. The largest absolute Gasteiger partial charge is 0.467 e. The van der Waals surface area contributed by atoms with E-state index in [1.54, 1.807) is 6.07 Å². The maximum atomic E-state index is 14.1. The summed E-state index contributed by atoms with van der Waals surface area (Å²) < 4.78 is 29.8. The van der Waals surface area contributed by atoms with Gasteiger partial charge in [-0.05, 0) is 37.8 Å². The van der Waals surface area contributed by atoms with Crippen LogP contribution in [0.5, 0.6) is 5.75 Å². The first-order chi connectivity index (χ1) is 10.2. The van der Waals surface area contributed by atoms with Crippen molar-refractivity contribution >= 4 is 5.78 Å². The molecule has 0 spiro atoms. The van der Waals surface area contributed by atoms with E-state index in [1.807, 2.05) is 0 Å². The first-order valence-electron chi connectivity index (χ1n) is 7.28. The number of hydrogen-bond acceptors (Lipinski definition) is 4. The standard InChI is InChI=1S/C16H19FO4/c1-19-9-20-11-4-5-14(15(17)8-11)16(18)10-6-12-2-3-13(7-10)21-12/h4-5,8,10,12-13H,2-3,6-7,9H2,1H3. The minimum absolute atomic E-state index is 0.0516. The average molecular weight is 294 g/mol. The van der Waals surface area contributed by atoms with E-state index in [2.05, 4.69) is 0 Å². The van der Waals surface area contributed by atoms with Crippen LogP contribution >= 0.6 is 0 Å². The summed E-state index contributed by atoms with van der Waals surface area (Å²) in [6, 6.07) is 4.34. The number of ketones is 1. The quantitative estimate of drug-likeness (QED) is 0.618. The summed E-state index contributed by atoms with van der Waals surface area (Å²) in [5, 5.41) is 0. The number of halogens is 1. The van der Waals surface area contributed by atoms with E-state index in [9.17, 15) is 9.18 Å². The highest BCUT2D eigenvalue weighted by Gasteiger charge is 2.38. The SMILES string of the molecule is COCOc1ccc(C(=O)C2CC3CCC(C2)O3)c(F)c1. The van der Waals surface area contributed by atoms with Crippen LogP contribution in [-0.2, 0) is 9.47 Å². The number of fused-ring (bicyclic) bond motifs is 2. The summed E-state index contributed by atoms with van der Waals surface area (Å²) in [7, 11) is 1.49. The molecule has 1 aromatic rings. The van der Waals surface area contributed by atoms with Gasteiger partial charge in [0.15, 0.2) is 12.6 Å². The lowest BCUT2D eigenvalue weighted by Gasteiger charge is -2.27. The molecule has 2 heterocycles. The molecule has 4 nitrogen and oxygen atoms in total. The van der Waals surface area contributed by atoms with Crippen molar-refractivity contribution in [2.75, 3.05) is 13.9 Å². The predicted molar refractivity (Wildman–Crippen MR) is 73.9 cm³/mol. The summed E-state index contributed by atoms with van der Waals surface area (Å²) in [4.78, 5) is 12.5. The zero-order chi connectivity index (χ0) is 14.8. The molecular weight excluding hydrogens is 275 g/mol. The zero-order valence-electron chi connectivity index (χ0n) is 12.0. The van der Waals surface area contributed by atoms with E-state index in [0.717, 1.165) is 12.8 Å². The topological polar surface area (TPSA) is 44.8 Å². The minimum Gasteiger partial charge on any atom is -0.467 e. The predicted octanol–water partition coefficient (Wildman–Crippen LogP) is 2.95. The molecule has 2 bridgehead atoms. The van der Waals surface area contributed by atoms with E-state index in [0.29, 0.717) is 18.6 Å². The molecule has 2 aliphatic heterocycles. The Morgan fingerprint density at radius 1 is 1.33 bits per heavy atom. The molecule has 2 fully saturated rings. The van der Waals surface area contributed by atoms with Crippen molar-refractivity contribution in [3.63, 3.8) is 0 Å². The fraction of sp³-hybridized carbons (Fsp3) is 0.562. The van der Waals surface area contributed by atoms with Gasteiger partial charge in [0.25, 0.3) is 0 Å². The van der Waals surface area contributed by atoms with Crippen molar-refractivity contribution in [3.8, 4) is 5.75 Å². The van der Waals surface area contributed by atoms with E-state index >= 15 is 0 Å². The number of ether oxygens (including phenoxy) is 3. The summed E-state index contributed by atoms with van der Waals surface area (Å²) in [5.41, 5.74) is 0.145. The van der Waals surface area contributed by atoms with Crippen molar-refractivity contribution in [3.05, 3.63) is 29.6 Å². The molecule has 0 amide bonds. The summed E-state index contributed by atoms with van der Waals surface area (Å²) in [5.74, 6) is -0.423. The molecule has 21 heavy (non-hydrogen) atoms. The molecule has 0 N–H and O–H groups in total. The van der Waals surface area contributed by atoms with E-state index < -0.39 is 5.82 Å². The Morgan fingerprint density at radius 3 is 2.67 bits per heavy atom. The highest BCUT2D eigenvalue weighted by Crippen LogP contribution is 2.37. The second-order valence-corrected chi connectivity index (χ2v) is 5.68. The molecular formula is C16H19FO4. The zero-order valence-corrected chi connectivity index (χ0v) is 12.0. The van der Waals surface area contributed by atoms with Crippen LogP contribution in [0.2, 0.25) is 0 Å². The molecule has 0 saturated carbocycles. The fourth-order valence-electron chi connectivity index (χ4n) is 3.20. The molecule has 0 aliphatic carbocycles. The Kier molecular flexibility index (Phi) is 4.22. The number of hydrogen-bond donors (Lipinski definition) is 0. The van der Waals surface area contributed by atoms with Crippen molar-refractivity contribution < 1.29 is 23.4 Å². The Bertz CT molecular complexity index is 519. The van der Waals surface area contributed by atoms with Crippen LogP contribution < -0.4 is 4.74 Å². The van der Waals surface area contributed by atoms with Gasteiger partial charge in [-0.15, -0.1) is 0 Å².